The summed E-state index contributed by atoms with van der Waals surface area (Å²) in [6.45, 7) is 5.36. The molecule has 0 radical (unpaired) electrons. The lowest BCUT2D eigenvalue weighted by atomic mass is 9.99. The average molecular weight is 402 g/mol. The summed E-state index contributed by atoms with van der Waals surface area (Å²) in [4.78, 5) is 27.1. The van der Waals surface area contributed by atoms with Crippen LogP contribution in [0.25, 0.3) is 10.8 Å². The van der Waals surface area contributed by atoms with Crippen LogP contribution >= 0.6 is 0 Å². The Balaban J connectivity index is 1.64. The van der Waals surface area contributed by atoms with Gasteiger partial charge < -0.3 is 15.5 Å². The molecule has 0 aromatic heterocycles. The number of amides is 2. The molecule has 1 aliphatic rings. The second-order valence-corrected chi connectivity index (χ2v) is 7.87. The van der Waals surface area contributed by atoms with Crippen LogP contribution in [0, 0.1) is 0 Å². The lowest BCUT2D eigenvalue weighted by Crippen LogP contribution is -2.29. The number of fused-ring (bicyclic) bond motifs is 1. The summed E-state index contributed by atoms with van der Waals surface area (Å²) >= 11 is 0. The van der Waals surface area contributed by atoms with Gasteiger partial charge in [-0.05, 0) is 54.3 Å². The summed E-state index contributed by atoms with van der Waals surface area (Å²) in [5, 5.41) is 8.25. The van der Waals surface area contributed by atoms with Gasteiger partial charge in [0.15, 0.2) is 0 Å². The van der Waals surface area contributed by atoms with Crippen molar-refractivity contribution in [2.45, 2.75) is 32.7 Å². The lowest BCUT2D eigenvalue weighted by molar-refractivity contribution is -0.114. The molecule has 154 valence electrons. The fourth-order valence-corrected chi connectivity index (χ4v) is 4.21. The summed E-state index contributed by atoms with van der Waals surface area (Å²) in [6.07, 6.45) is 2.25. The van der Waals surface area contributed by atoms with E-state index in [-0.39, 0.29) is 17.9 Å². The Kier molecular flexibility index (Phi) is 5.70. The van der Waals surface area contributed by atoms with E-state index < -0.39 is 0 Å². The summed E-state index contributed by atoms with van der Waals surface area (Å²) < 4.78 is 0. The molecular formula is C25H27N3O2. The molecule has 1 fully saturated rings. The van der Waals surface area contributed by atoms with E-state index in [1.807, 2.05) is 37.3 Å². The van der Waals surface area contributed by atoms with E-state index in [0.717, 1.165) is 48.0 Å². The van der Waals surface area contributed by atoms with Crippen LogP contribution < -0.4 is 15.5 Å². The lowest BCUT2D eigenvalue weighted by Gasteiger charge is -2.23. The highest BCUT2D eigenvalue weighted by Crippen LogP contribution is 2.29. The molecule has 30 heavy (non-hydrogen) atoms. The molecule has 0 aliphatic carbocycles. The third kappa shape index (κ3) is 4.15. The number of nitrogens with one attached hydrogen (secondary N) is 2. The van der Waals surface area contributed by atoms with Crippen molar-refractivity contribution < 1.29 is 9.59 Å². The number of nitrogens with zero attached hydrogens (tertiary/aromatic N) is 1. The maximum Gasteiger partial charge on any atom is 0.253 e. The van der Waals surface area contributed by atoms with Gasteiger partial charge in [-0.3, -0.25) is 9.59 Å². The maximum atomic E-state index is 13.3. The molecule has 0 unspecified atom stereocenters. The molecule has 3 aromatic rings. The van der Waals surface area contributed by atoms with E-state index in [1.165, 1.54) is 6.92 Å². The molecule has 2 amide bonds. The van der Waals surface area contributed by atoms with Gasteiger partial charge in [-0.1, -0.05) is 42.5 Å². The molecule has 1 aliphatic heterocycles. The molecule has 5 heteroatoms. The van der Waals surface area contributed by atoms with Crippen molar-refractivity contribution in [2.24, 2.45) is 0 Å². The first-order valence-corrected chi connectivity index (χ1v) is 10.5. The fraction of sp³-hybridized carbons (Fsp3) is 0.280. The summed E-state index contributed by atoms with van der Waals surface area (Å²) in [5.74, 6) is -0.288. The van der Waals surface area contributed by atoms with Gasteiger partial charge in [0.05, 0.1) is 11.6 Å². The van der Waals surface area contributed by atoms with Gasteiger partial charge in [0.2, 0.25) is 5.91 Å². The Hall–Kier alpha value is -3.34. The van der Waals surface area contributed by atoms with Crippen LogP contribution in [0.15, 0.2) is 60.7 Å². The molecule has 2 N–H and O–H groups in total. The quantitative estimate of drug-likeness (QED) is 0.640. The van der Waals surface area contributed by atoms with Crippen LogP contribution in [0.2, 0.25) is 0 Å². The van der Waals surface area contributed by atoms with E-state index in [2.05, 4.69) is 39.8 Å². The van der Waals surface area contributed by atoms with Crippen LogP contribution in [0.1, 0.15) is 48.7 Å². The number of carbonyl (C=O) groups excluding carboxylic acids is 2. The second-order valence-electron chi connectivity index (χ2n) is 7.87. The molecule has 5 nitrogen and oxygen atoms in total. The number of rotatable bonds is 5. The van der Waals surface area contributed by atoms with Crippen molar-refractivity contribution in [3.8, 4) is 0 Å². The zero-order chi connectivity index (χ0) is 21.1. The molecule has 0 spiro atoms. The van der Waals surface area contributed by atoms with Crippen LogP contribution in [0.4, 0.5) is 11.4 Å². The van der Waals surface area contributed by atoms with Gasteiger partial charge in [0, 0.05) is 31.4 Å². The highest BCUT2D eigenvalue weighted by atomic mass is 16.2. The zero-order valence-electron chi connectivity index (χ0n) is 17.4. The van der Waals surface area contributed by atoms with Gasteiger partial charge in [-0.2, -0.15) is 0 Å². The number of anilines is 2. The predicted molar refractivity (Wildman–Crippen MR) is 122 cm³/mol. The predicted octanol–water partition coefficient (Wildman–Crippen LogP) is 4.89. The van der Waals surface area contributed by atoms with Gasteiger partial charge in [-0.25, -0.2) is 0 Å². The molecule has 0 bridgehead atoms. The number of hydrogen-bond acceptors (Lipinski definition) is 3. The van der Waals surface area contributed by atoms with E-state index in [1.54, 1.807) is 6.07 Å². The van der Waals surface area contributed by atoms with Gasteiger partial charge >= 0.3 is 0 Å². The number of benzene rings is 3. The SMILES string of the molecule is CC(=O)Nc1ccc(N2CCCC2)c(C(=O)N[C@H](C)c2cccc3ccccc23)c1. The molecule has 1 atom stereocenters. The smallest absolute Gasteiger partial charge is 0.253 e. The first-order chi connectivity index (χ1) is 14.5. The van der Waals surface area contributed by atoms with Crippen molar-refractivity contribution in [1.82, 2.24) is 5.32 Å². The first kappa shape index (κ1) is 20.0. The fourth-order valence-electron chi connectivity index (χ4n) is 4.21. The zero-order valence-corrected chi connectivity index (χ0v) is 17.4. The minimum atomic E-state index is -0.153. The monoisotopic (exact) mass is 401 g/mol. The normalized spacial score (nSPS) is 14.5. The van der Waals surface area contributed by atoms with Crippen LogP contribution in [0.3, 0.4) is 0 Å². The minimum absolute atomic E-state index is 0.135. The molecule has 1 saturated heterocycles. The standard InChI is InChI=1S/C25H27N3O2/c1-17(21-11-7-9-19-8-3-4-10-22(19)21)26-25(30)23-16-20(27-18(2)29)12-13-24(23)28-14-5-6-15-28/h3-4,7-13,16-17H,5-6,14-15H2,1-2H3,(H,26,30)(H,27,29)/t17-/m1/s1. The van der Waals surface area contributed by atoms with Crippen molar-refractivity contribution in [3.63, 3.8) is 0 Å². The van der Waals surface area contributed by atoms with E-state index >= 15 is 0 Å². The topological polar surface area (TPSA) is 61.4 Å². The molecular weight excluding hydrogens is 374 g/mol. The van der Waals surface area contributed by atoms with E-state index in [9.17, 15) is 9.59 Å². The Bertz CT molecular complexity index is 1080. The van der Waals surface area contributed by atoms with E-state index in [4.69, 9.17) is 0 Å². The largest absolute Gasteiger partial charge is 0.371 e. The second kappa shape index (κ2) is 8.57. The Labute approximate surface area is 177 Å². The first-order valence-electron chi connectivity index (χ1n) is 10.5. The van der Waals surface area contributed by atoms with Crippen molar-refractivity contribution in [3.05, 3.63) is 71.8 Å². The maximum absolute atomic E-state index is 13.3. The highest BCUT2D eigenvalue weighted by molar-refractivity contribution is 6.02. The van der Waals surface area contributed by atoms with Gasteiger partial charge in [0.25, 0.3) is 5.91 Å². The van der Waals surface area contributed by atoms with Crippen molar-refractivity contribution in [2.75, 3.05) is 23.3 Å². The average Bonchev–Trinajstić information content (AvgIpc) is 3.27. The number of hydrogen-bond donors (Lipinski definition) is 2. The third-order valence-corrected chi connectivity index (χ3v) is 5.65. The molecule has 3 aromatic carbocycles. The Morgan fingerprint density at radius 2 is 1.70 bits per heavy atom. The number of carbonyl (C=O) groups is 2. The molecule has 0 saturated carbocycles. The summed E-state index contributed by atoms with van der Waals surface area (Å²) in [5.41, 5.74) is 3.23. The van der Waals surface area contributed by atoms with Crippen molar-refractivity contribution >= 4 is 34.0 Å². The summed E-state index contributed by atoms with van der Waals surface area (Å²) in [7, 11) is 0. The van der Waals surface area contributed by atoms with Gasteiger partial charge in [-0.15, -0.1) is 0 Å². The van der Waals surface area contributed by atoms with Crippen molar-refractivity contribution in [1.29, 1.82) is 0 Å². The highest BCUT2D eigenvalue weighted by Gasteiger charge is 2.22. The van der Waals surface area contributed by atoms with Crippen LogP contribution in [-0.2, 0) is 4.79 Å². The Morgan fingerprint density at radius 3 is 2.47 bits per heavy atom. The van der Waals surface area contributed by atoms with E-state index in [0.29, 0.717) is 11.3 Å². The minimum Gasteiger partial charge on any atom is -0.371 e. The van der Waals surface area contributed by atoms with Gasteiger partial charge in [0.1, 0.15) is 0 Å². The van der Waals surface area contributed by atoms with Crippen LogP contribution in [0.5, 0.6) is 0 Å². The third-order valence-electron chi connectivity index (χ3n) is 5.65. The molecule has 1 heterocycles. The summed E-state index contributed by atoms with van der Waals surface area (Å²) in [6, 6.07) is 19.8. The van der Waals surface area contributed by atoms with Crippen LogP contribution in [-0.4, -0.2) is 24.9 Å². The Morgan fingerprint density at radius 1 is 0.967 bits per heavy atom. The molecule has 4 rings (SSSR count).